The molecule has 0 saturated carbocycles. The lowest BCUT2D eigenvalue weighted by Crippen LogP contribution is -2.54. The van der Waals surface area contributed by atoms with Gasteiger partial charge in [-0.25, -0.2) is 4.98 Å². The first-order valence-corrected chi connectivity index (χ1v) is 20.5. The van der Waals surface area contributed by atoms with Gasteiger partial charge in [0.25, 0.3) is 17.7 Å². The quantitative estimate of drug-likeness (QED) is 0.0928. The van der Waals surface area contributed by atoms with E-state index in [0.717, 1.165) is 49.8 Å². The number of imide groups is 2. The first-order valence-electron chi connectivity index (χ1n) is 19.7. The van der Waals surface area contributed by atoms with Crippen molar-refractivity contribution in [3.05, 3.63) is 123 Å². The number of thiazole rings is 1. The van der Waals surface area contributed by atoms with E-state index >= 15 is 0 Å². The highest BCUT2D eigenvalue weighted by atomic mass is 32.1. The van der Waals surface area contributed by atoms with E-state index in [0.29, 0.717) is 35.2 Å². The maximum Gasteiger partial charge on any atom is 0.264 e. The molecule has 0 spiro atoms. The van der Waals surface area contributed by atoms with Crippen LogP contribution in [0.4, 0.5) is 16.5 Å². The minimum Gasteiger partial charge on any atom is -0.491 e. The van der Waals surface area contributed by atoms with E-state index < -0.39 is 29.7 Å². The molecule has 14 nitrogen and oxygen atoms in total. The van der Waals surface area contributed by atoms with E-state index in [1.54, 1.807) is 24.3 Å². The zero-order valence-corrected chi connectivity index (χ0v) is 33.9. The topological polar surface area (TPSA) is 176 Å². The summed E-state index contributed by atoms with van der Waals surface area (Å²) in [5, 5.41) is 8.80. The number of benzene rings is 4. The van der Waals surface area contributed by atoms with Crippen LogP contribution in [0.2, 0.25) is 0 Å². The van der Waals surface area contributed by atoms with Gasteiger partial charge in [0.15, 0.2) is 5.13 Å². The van der Waals surface area contributed by atoms with Crippen LogP contribution in [0.3, 0.4) is 0 Å². The van der Waals surface area contributed by atoms with Gasteiger partial charge in [-0.1, -0.05) is 42.5 Å². The van der Waals surface area contributed by atoms with E-state index in [4.69, 9.17) is 14.5 Å². The Balaban J connectivity index is 0.784. The molecule has 8 rings (SSSR count). The number of anilines is 3. The Labute approximate surface area is 349 Å². The molecule has 4 aromatic carbocycles. The highest BCUT2D eigenvalue weighted by Crippen LogP contribution is 2.37. The van der Waals surface area contributed by atoms with Gasteiger partial charge in [-0.05, 0) is 85.8 Å². The summed E-state index contributed by atoms with van der Waals surface area (Å²) in [5.74, 6) is -1.85. The van der Waals surface area contributed by atoms with Crippen LogP contribution >= 0.6 is 11.3 Å². The Bertz CT molecular complexity index is 2550. The largest absolute Gasteiger partial charge is 0.491 e. The molecule has 3 aliphatic heterocycles. The van der Waals surface area contributed by atoms with E-state index in [1.165, 1.54) is 11.3 Å². The van der Waals surface area contributed by atoms with Crippen molar-refractivity contribution in [2.45, 2.75) is 45.6 Å². The number of fused-ring (bicyclic) bond motifs is 2. The number of carbonyl (C=O) groups is 6. The standard InChI is InChI=1S/C45H42N6O8S/c1-26-7-3-4-10-32(26)42(55)50-19-17-29-25-30(13-14-35(29)50)40-27(2)60-45(49-40)48-38(53)24-28-8-5-9-31(23-28)59-22-21-58-20-18-46-34-12-6-11-33-39(34)44(57)51(43(33)56)36-15-16-37(52)47-41(36)54/h3-14,23,25,36,46H,15-22,24H2,1-2H3,(H,47,52,54)(H,48,49,53). The second kappa shape index (κ2) is 17.3. The summed E-state index contributed by atoms with van der Waals surface area (Å²) >= 11 is 1.41. The van der Waals surface area contributed by atoms with Crippen molar-refractivity contribution in [1.82, 2.24) is 15.2 Å². The molecule has 306 valence electrons. The van der Waals surface area contributed by atoms with Crippen LogP contribution in [0, 0.1) is 13.8 Å². The van der Waals surface area contributed by atoms with Gasteiger partial charge in [-0.15, -0.1) is 11.3 Å². The van der Waals surface area contributed by atoms with Crippen molar-refractivity contribution in [2.75, 3.05) is 48.4 Å². The average molecular weight is 827 g/mol. The fourth-order valence-electron chi connectivity index (χ4n) is 7.77. The maximum atomic E-state index is 13.3. The van der Waals surface area contributed by atoms with Gasteiger partial charge >= 0.3 is 0 Å². The van der Waals surface area contributed by atoms with Gasteiger partial charge in [0.05, 0.1) is 36.5 Å². The molecule has 6 amide bonds. The van der Waals surface area contributed by atoms with Crippen molar-refractivity contribution < 1.29 is 38.2 Å². The Kier molecular flexibility index (Phi) is 11.5. The molecule has 3 N–H and O–H groups in total. The third kappa shape index (κ3) is 8.26. The number of piperidine rings is 1. The first kappa shape index (κ1) is 40.1. The molecule has 4 heterocycles. The van der Waals surface area contributed by atoms with E-state index in [2.05, 4.69) is 22.0 Å². The number of hydrogen-bond acceptors (Lipinski definition) is 11. The number of rotatable bonds is 14. The molecule has 0 radical (unpaired) electrons. The van der Waals surface area contributed by atoms with Crippen molar-refractivity contribution >= 4 is 63.3 Å². The number of ether oxygens (including phenoxy) is 2. The Morgan fingerprint density at radius 2 is 1.73 bits per heavy atom. The minimum atomic E-state index is -1.04. The molecular formula is C45H42N6O8S. The monoisotopic (exact) mass is 826 g/mol. The third-order valence-corrected chi connectivity index (χ3v) is 11.6. The third-order valence-electron chi connectivity index (χ3n) is 10.7. The summed E-state index contributed by atoms with van der Waals surface area (Å²) < 4.78 is 11.6. The maximum absolute atomic E-state index is 13.3. The zero-order chi connectivity index (χ0) is 41.9. The molecule has 15 heteroatoms. The van der Waals surface area contributed by atoms with Gasteiger partial charge in [0.1, 0.15) is 18.4 Å². The normalized spacial score (nSPS) is 15.8. The zero-order valence-electron chi connectivity index (χ0n) is 33.0. The van der Waals surface area contributed by atoms with Gasteiger partial charge in [-0.3, -0.25) is 39.0 Å². The average Bonchev–Trinajstić information content (AvgIpc) is 3.90. The number of aromatic nitrogens is 1. The number of nitrogens with one attached hydrogen (secondary N) is 3. The lowest BCUT2D eigenvalue weighted by molar-refractivity contribution is -0.136. The van der Waals surface area contributed by atoms with Crippen LogP contribution in [0.25, 0.3) is 11.3 Å². The Morgan fingerprint density at radius 1 is 0.900 bits per heavy atom. The van der Waals surface area contributed by atoms with E-state index in [1.807, 2.05) is 73.3 Å². The van der Waals surface area contributed by atoms with E-state index in [9.17, 15) is 28.8 Å². The second-order valence-electron chi connectivity index (χ2n) is 14.7. The molecule has 1 atom stereocenters. The van der Waals surface area contributed by atoms with E-state index in [-0.39, 0.29) is 62.0 Å². The van der Waals surface area contributed by atoms with Crippen molar-refractivity contribution in [2.24, 2.45) is 0 Å². The summed E-state index contributed by atoms with van der Waals surface area (Å²) in [4.78, 5) is 85.3. The van der Waals surface area contributed by atoms with Gasteiger partial charge < -0.3 is 25.0 Å². The lowest BCUT2D eigenvalue weighted by atomic mass is 10.0. The Hall–Kier alpha value is -6.71. The van der Waals surface area contributed by atoms with Crippen LogP contribution in [-0.4, -0.2) is 84.3 Å². The van der Waals surface area contributed by atoms with Gasteiger partial charge in [-0.2, -0.15) is 0 Å². The van der Waals surface area contributed by atoms with Crippen LogP contribution in [-0.2, 0) is 32.0 Å². The van der Waals surface area contributed by atoms with Crippen molar-refractivity contribution in [3.8, 4) is 17.0 Å². The highest BCUT2D eigenvalue weighted by molar-refractivity contribution is 7.16. The molecule has 0 aliphatic carbocycles. The van der Waals surface area contributed by atoms with Gasteiger partial charge in [0.2, 0.25) is 17.7 Å². The summed E-state index contributed by atoms with van der Waals surface area (Å²) in [5.41, 5.74) is 6.99. The highest BCUT2D eigenvalue weighted by Gasteiger charge is 2.45. The van der Waals surface area contributed by atoms with Crippen LogP contribution < -0.4 is 25.6 Å². The minimum absolute atomic E-state index is 0.000233. The predicted molar refractivity (Wildman–Crippen MR) is 226 cm³/mol. The lowest BCUT2D eigenvalue weighted by Gasteiger charge is -2.27. The second-order valence-corrected chi connectivity index (χ2v) is 15.9. The number of nitrogens with zero attached hydrogens (tertiary/aromatic N) is 3. The molecule has 3 aliphatic rings. The van der Waals surface area contributed by atoms with Crippen LogP contribution in [0.5, 0.6) is 5.75 Å². The molecule has 1 unspecified atom stereocenters. The summed E-state index contributed by atoms with van der Waals surface area (Å²) in [7, 11) is 0. The fourth-order valence-corrected chi connectivity index (χ4v) is 8.62. The first-order chi connectivity index (χ1) is 29.0. The molecule has 1 saturated heterocycles. The summed E-state index contributed by atoms with van der Waals surface area (Å²) in [6.45, 7) is 5.70. The molecule has 5 aromatic rings. The Morgan fingerprint density at radius 3 is 2.57 bits per heavy atom. The number of aryl methyl sites for hydroxylation is 2. The van der Waals surface area contributed by atoms with Crippen LogP contribution in [0.1, 0.15) is 65.5 Å². The van der Waals surface area contributed by atoms with Crippen molar-refractivity contribution in [1.29, 1.82) is 0 Å². The molecule has 60 heavy (non-hydrogen) atoms. The SMILES string of the molecule is Cc1ccccc1C(=O)N1CCc2cc(-c3nc(NC(=O)Cc4cccc(OCCOCCNc5cccc6c5C(=O)N(C5CCC(=O)NC5=O)C6=O)c4)sc3C)ccc21. The van der Waals surface area contributed by atoms with Crippen molar-refractivity contribution in [3.63, 3.8) is 0 Å². The fraction of sp³-hybridized carbons (Fsp3) is 0.267. The smallest absolute Gasteiger partial charge is 0.264 e. The molecular weight excluding hydrogens is 785 g/mol. The van der Waals surface area contributed by atoms with Crippen LogP contribution in [0.15, 0.2) is 84.9 Å². The number of carbonyl (C=O) groups excluding carboxylic acids is 6. The predicted octanol–water partition coefficient (Wildman–Crippen LogP) is 5.72. The molecule has 0 bridgehead atoms. The number of hydrogen-bond donors (Lipinski definition) is 3. The number of amides is 6. The molecule has 1 aromatic heterocycles. The molecule has 1 fully saturated rings. The van der Waals surface area contributed by atoms with Gasteiger partial charge in [0, 0.05) is 46.9 Å². The summed E-state index contributed by atoms with van der Waals surface area (Å²) in [6.07, 6.45) is 1.01. The summed E-state index contributed by atoms with van der Waals surface area (Å²) in [6, 6.07) is 24.8.